The van der Waals surface area contributed by atoms with Crippen LogP contribution in [0.4, 0.5) is 0 Å². The molecule has 0 unspecified atom stereocenters. The molecule has 2 bridgehead atoms. The lowest BCUT2D eigenvalue weighted by Gasteiger charge is -2.61. The molecular weight excluding hydrogens is 484 g/mol. The van der Waals surface area contributed by atoms with Crippen molar-refractivity contribution in [2.45, 2.75) is 81.4 Å². The van der Waals surface area contributed by atoms with E-state index in [1.165, 1.54) is 20.8 Å². The molecule has 1 spiro atoms. The van der Waals surface area contributed by atoms with Crippen molar-refractivity contribution >= 4 is 17.8 Å². The van der Waals surface area contributed by atoms with E-state index >= 15 is 0 Å². The van der Waals surface area contributed by atoms with Crippen molar-refractivity contribution in [1.29, 1.82) is 0 Å². The minimum Gasteiger partial charge on any atom is -0.504 e. The number of carbonyl (C=O) groups is 3. The van der Waals surface area contributed by atoms with Gasteiger partial charge in [0.2, 0.25) is 5.91 Å². The summed E-state index contributed by atoms with van der Waals surface area (Å²) in [7, 11) is 1.98. The van der Waals surface area contributed by atoms with Crippen LogP contribution >= 0.6 is 0 Å². The molecule has 4 aliphatic rings. The number of phenolic OH excluding ortho intramolecular Hbond substituents is 1. The standard InChI is InChI=1S/C26H32N2O9/c1-12(27-22(31)13(2)29)23(32)35-14(3)24(33)36-17-7-8-26(34)18-11-15-5-6-16(30)20-19(15)25(26,21(17)37-20)9-10-28(18)4/h5-7,12-14,18,21,29-30,34H,8-11H2,1-4H3,(H,27,31)/t12-,13-,14-,18+,21-,25-,26+/m0/s1. The average molecular weight is 517 g/mol. The first-order chi connectivity index (χ1) is 17.4. The molecule has 5 rings (SSSR count). The summed E-state index contributed by atoms with van der Waals surface area (Å²) in [5.41, 5.74) is -0.342. The Morgan fingerprint density at radius 1 is 1.22 bits per heavy atom. The van der Waals surface area contributed by atoms with E-state index in [0.717, 1.165) is 11.1 Å². The van der Waals surface area contributed by atoms with E-state index in [1.807, 2.05) is 13.1 Å². The van der Waals surface area contributed by atoms with Gasteiger partial charge in [-0.25, -0.2) is 9.59 Å². The van der Waals surface area contributed by atoms with Crippen LogP contribution in [0, 0.1) is 0 Å². The molecule has 37 heavy (non-hydrogen) atoms. The van der Waals surface area contributed by atoms with Crippen LogP contribution < -0.4 is 10.1 Å². The van der Waals surface area contributed by atoms with Gasteiger partial charge in [-0.3, -0.25) is 4.79 Å². The Balaban J connectivity index is 1.38. The highest BCUT2D eigenvalue weighted by atomic mass is 16.6. The predicted molar refractivity (Wildman–Crippen MR) is 128 cm³/mol. The van der Waals surface area contributed by atoms with Crippen molar-refractivity contribution in [3.8, 4) is 11.5 Å². The monoisotopic (exact) mass is 516 g/mol. The zero-order chi connectivity index (χ0) is 26.9. The highest BCUT2D eigenvalue weighted by Crippen LogP contribution is 2.65. The van der Waals surface area contributed by atoms with E-state index in [-0.39, 0.29) is 24.0 Å². The first-order valence-corrected chi connectivity index (χ1v) is 12.5. The van der Waals surface area contributed by atoms with Gasteiger partial charge in [0.1, 0.15) is 17.9 Å². The molecule has 200 valence electrons. The lowest BCUT2D eigenvalue weighted by Crippen LogP contribution is -2.74. The van der Waals surface area contributed by atoms with E-state index in [1.54, 1.807) is 12.1 Å². The van der Waals surface area contributed by atoms with Crippen LogP contribution in [0.15, 0.2) is 24.0 Å². The van der Waals surface area contributed by atoms with Crippen LogP contribution in [0.25, 0.3) is 0 Å². The summed E-state index contributed by atoms with van der Waals surface area (Å²) < 4.78 is 17.1. The number of benzene rings is 1. The van der Waals surface area contributed by atoms with E-state index in [0.29, 0.717) is 25.1 Å². The van der Waals surface area contributed by atoms with Gasteiger partial charge in [-0.1, -0.05) is 6.07 Å². The molecule has 0 aromatic heterocycles. The first kappa shape index (κ1) is 25.5. The maximum atomic E-state index is 13.0. The van der Waals surface area contributed by atoms with Crippen molar-refractivity contribution in [3.63, 3.8) is 0 Å². The second-order valence-corrected chi connectivity index (χ2v) is 10.5. The van der Waals surface area contributed by atoms with Crippen molar-refractivity contribution in [2.75, 3.05) is 13.6 Å². The minimum atomic E-state index is -1.30. The Bertz CT molecular complexity index is 1200. The van der Waals surface area contributed by atoms with Gasteiger partial charge >= 0.3 is 11.9 Å². The third kappa shape index (κ3) is 3.63. The second-order valence-electron chi connectivity index (χ2n) is 10.5. The number of ether oxygens (including phenoxy) is 3. The van der Waals surface area contributed by atoms with Crippen molar-refractivity contribution in [1.82, 2.24) is 10.2 Å². The topological polar surface area (TPSA) is 155 Å². The van der Waals surface area contributed by atoms with Crippen molar-refractivity contribution in [3.05, 3.63) is 35.1 Å². The van der Waals surface area contributed by atoms with Crippen LogP contribution in [0.2, 0.25) is 0 Å². The van der Waals surface area contributed by atoms with Crippen LogP contribution in [-0.4, -0.2) is 87.7 Å². The molecule has 4 N–H and O–H groups in total. The third-order valence-electron chi connectivity index (χ3n) is 8.29. The number of hydrogen-bond acceptors (Lipinski definition) is 10. The summed E-state index contributed by atoms with van der Waals surface area (Å²) in [6.07, 6.45) is -0.458. The molecule has 1 fully saturated rings. The number of amides is 1. The normalized spacial score (nSPS) is 31.7. The van der Waals surface area contributed by atoms with Gasteiger partial charge in [0.15, 0.2) is 23.7 Å². The number of nitrogens with zero attached hydrogens (tertiary/aromatic N) is 1. The fraction of sp³-hybridized carbons (Fsp3) is 0.577. The molecular formula is C26H32N2O9. The summed E-state index contributed by atoms with van der Waals surface area (Å²) in [6.45, 7) is 4.67. The zero-order valence-electron chi connectivity index (χ0n) is 21.2. The molecule has 2 aliphatic carbocycles. The molecule has 1 aromatic carbocycles. The van der Waals surface area contributed by atoms with E-state index < -0.39 is 53.2 Å². The maximum Gasteiger partial charge on any atom is 0.352 e. The predicted octanol–water partition coefficient (Wildman–Crippen LogP) is 0.0303. The third-order valence-corrected chi connectivity index (χ3v) is 8.29. The van der Waals surface area contributed by atoms with Gasteiger partial charge in [0, 0.05) is 18.0 Å². The number of piperidine rings is 1. The molecule has 0 radical (unpaired) electrons. The van der Waals surface area contributed by atoms with Gasteiger partial charge in [0.25, 0.3) is 0 Å². The number of likely N-dealkylation sites (N-methyl/N-ethyl adjacent to an activating group) is 1. The zero-order valence-corrected chi connectivity index (χ0v) is 21.2. The number of rotatable bonds is 6. The van der Waals surface area contributed by atoms with E-state index in [4.69, 9.17) is 14.2 Å². The van der Waals surface area contributed by atoms with Crippen molar-refractivity contribution in [2.24, 2.45) is 0 Å². The molecule has 1 saturated heterocycles. The van der Waals surface area contributed by atoms with Gasteiger partial charge < -0.3 is 39.7 Å². The number of esters is 2. The summed E-state index contributed by atoms with van der Waals surface area (Å²) >= 11 is 0. The number of nitrogens with one attached hydrogen (secondary N) is 1. The Kier molecular flexibility index (Phi) is 6.00. The molecule has 7 atom stereocenters. The molecule has 1 aromatic rings. The number of aliphatic hydroxyl groups excluding tert-OH is 1. The first-order valence-electron chi connectivity index (χ1n) is 12.5. The van der Waals surface area contributed by atoms with E-state index in [2.05, 4.69) is 10.2 Å². The summed E-state index contributed by atoms with van der Waals surface area (Å²) in [5.74, 6) is -2.00. The quantitative estimate of drug-likeness (QED) is 0.381. The molecule has 1 amide bonds. The molecule has 2 aliphatic heterocycles. The Morgan fingerprint density at radius 3 is 2.65 bits per heavy atom. The fourth-order valence-corrected chi connectivity index (χ4v) is 6.35. The van der Waals surface area contributed by atoms with Gasteiger partial charge in [0.05, 0.1) is 11.0 Å². The number of aromatic hydroxyl groups is 1. The van der Waals surface area contributed by atoms with Crippen LogP contribution in [0.1, 0.15) is 44.7 Å². The summed E-state index contributed by atoms with van der Waals surface area (Å²) in [4.78, 5) is 39.1. The SMILES string of the molecule is C[C@H](O)C(=O)N[C@@H](C)C(=O)O[C@@H](C)C(=O)OC1=CC[C@@]2(O)[C@H]3Cc4ccc(O)c5c4[C@@]2(CCN3C)[C@H]1O5. The van der Waals surface area contributed by atoms with Crippen LogP contribution in [-0.2, 0) is 35.7 Å². The number of carbonyl (C=O) groups excluding carboxylic acids is 3. The number of aliphatic hydroxyl groups is 2. The summed E-state index contributed by atoms with van der Waals surface area (Å²) in [6, 6.07) is 2.17. The molecule has 2 heterocycles. The lowest BCUT2D eigenvalue weighted by atomic mass is 9.50. The fourth-order valence-electron chi connectivity index (χ4n) is 6.35. The van der Waals surface area contributed by atoms with Crippen LogP contribution in [0.5, 0.6) is 11.5 Å². The number of likely N-dealkylation sites (tertiary alicyclic amines) is 1. The number of hydrogen-bond donors (Lipinski definition) is 4. The Morgan fingerprint density at radius 2 is 1.95 bits per heavy atom. The molecule has 11 nitrogen and oxygen atoms in total. The van der Waals surface area contributed by atoms with Crippen LogP contribution in [0.3, 0.4) is 0 Å². The highest BCUT2D eigenvalue weighted by molar-refractivity contribution is 5.87. The van der Waals surface area contributed by atoms with Gasteiger partial charge in [-0.15, -0.1) is 0 Å². The van der Waals surface area contributed by atoms with Crippen molar-refractivity contribution < 1.29 is 43.9 Å². The highest BCUT2D eigenvalue weighted by Gasteiger charge is 2.72. The second kappa shape index (κ2) is 8.71. The summed E-state index contributed by atoms with van der Waals surface area (Å²) in [5, 5.41) is 34.3. The average Bonchev–Trinajstić information content (AvgIpc) is 3.20. The maximum absolute atomic E-state index is 13.0. The largest absolute Gasteiger partial charge is 0.504 e. The van der Waals surface area contributed by atoms with Gasteiger partial charge in [-0.2, -0.15) is 0 Å². The minimum absolute atomic E-state index is 0.0385. The van der Waals surface area contributed by atoms with E-state index in [9.17, 15) is 29.7 Å². The van der Waals surface area contributed by atoms with Gasteiger partial charge in [-0.05, 0) is 64.9 Å². The Labute approximate surface area is 214 Å². The lowest BCUT2D eigenvalue weighted by molar-refractivity contribution is -0.176. The number of phenols is 1. The molecule has 0 saturated carbocycles. The smallest absolute Gasteiger partial charge is 0.352 e. The Hall–Kier alpha value is -3.15. The molecule has 11 heteroatoms.